The molecule has 0 aliphatic carbocycles. The Labute approximate surface area is 150 Å². The van der Waals surface area contributed by atoms with Crippen molar-refractivity contribution >= 4 is 11.8 Å². The van der Waals surface area contributed by atoms with Crippen LogP contribution in [0.4, 0.5) is 0 Å². The lowest BCUT2D eigenvalue weighted by Crippen LogP contribution is -2.36. The number of rotatable bonds is 12. The second kappa shape index (κ2) is 11.5. The Morgan fingerprint density at radius 3 is 2.28 bits per heavy atom. The quantitative estimate of drug-likeness (QED) is 0.607. The number of carbonyl (C=O) groups excluding carboxylic acids is 2. The Bertz CT molecular complexity index is 553. The summed E-state index contributed by atoms with van der Waals surface area (Å²) < 4.78 is 5.21. The first-order valence-electron chi connectivity index (χ1n) is 9.01. The topological polar surface area (TPSA) is 84.7 Å². The van der Waals surface area contributed by atoms with Crippen molar-refractivity contribution in [2.75, 3.05) is 33.3 Å². The summed E-state index contributed by atoms with van der Waals surface area (Å²) in [6, 6.07) is 4.60. The molecular formula is C19H31N3O3. The van der Waals surface area contributed by atoms with Crippen molar-refractivity contribution in [3.63, 3.8) is 0 Å². The number of hydrogen-bond acceptors (Lipinski definition) is 4. The van der Waals surface area contributed by atoms with Gasteiger partial charge in [-0.25, -0.2) is 0 Å². The molecule has 1 rings (SSSR count). The van der Waals surface area contributed by atoms with Gasteiger partial charge in [-0.05, 0) is 44.1 Å². The first-order valence-corrected chi connectivity index (χ1v) is 9.01. The molecule has 1 aromatic carbocycles. The van der Waals surface area contributed by atoms with Crippen LogP contribution in [0.15, 0.2) is 18.2 Å². The number of hydrogen-bond donors (Lipinski definition) is 2. The van der Waals surface area contributed by atoms with Gasteiger partial charge in [-0.1, -0.05) is 26.7 Å². The summed E-state index contributed by atoms with van der Waals surface area (Å²) in [6.45, 7) is 7.88. The smallest absolute Gasteiger partial charge is 0.255 e. The van der Waals surface area contributed by atoms with Crippen molar-refractivity contribution < 1.29 is 14.3 Å². The van der Waals surface area contributed by atoms with Crippen molar-refractivity contribution in [1.29, 1.82) is 0 Å². The van der Waals surface area contributed by atoms with Crippen LogP contribution in [0.1, 0.15) is 60.2 Å². The number of nitrogens with zero attached hydrogens (tertiary/aromatic N) is 1. The fourth-order valence-corrected chi connectivity index (χ4v) is 2.55. The van der Waals surface area contributed by atoms with E-state index in [1.54, 1.807) is 6.07 Å². The van der Waals surface area contributed by atoms with Crippen molar-refractivity contribution in [1.82, 2.24) is 10.2 Å². The first-order chi connectivity index (χ1) is 12.0. The van der Waals surface area contributed by atoms with Crippen LogP contribution < -0.4 is 15.8 Å². The van der Waals surface area contributed by atoms with E-state index in [0.29, 0.717) is 23.4 Å². The van der Waals surface area contributed by atoms with Gasteiger partial charge < -0.3 is 20.7 Å². The normalized spacial score (nSPS) is 10.7. The van der Waals surface area contributed by atoms with Crippen LogP contribution in [0, 0.1) is 0 Å². The Morgan fingerprint density at radius 1 is 1.12 bits per heavy atom. The zero-order chi connectivity index (χ0) is 18.7. The highest BCUT2D eigenvalue weighted by Crippen LogP contribution is 2.20. The maximum absolute atomic E-state index is 12.4. The summed E-state index contributed by atoms with van der Waals surface area (Å²) in [4.78, 5) is 26.0. The standard InChI is InChI=1S/C19H31N3O3/c1-4-6-11-22(12-7-5-2)13-10-21-19(24)16-9-8-15(18(20)23)14-17(16)25-3/h8-9,14H,4-7,10-13H2,1-3H3,(H2,20,23)(H,21,24). The van der Waals surface area contributed by atoms with E-state index in [9.17, 15) is 9.59 Å². The van der Waals surface area contributed by atoms with Crippen molar-refractivity contribution in [2.45, 2.75) is 39.5 Å². The van der Waals surface area contributed by atoms with E-state index >= 15 is 0 Å². The van der Waals surface area contributed by atoms with Gasteiger partial charge in [0.25, 0.3) is 5.91 Å². The largest absolute Gasteiger partial charge is 0.496 e. The Hall–Kier alpha value is -2.08. The number of benzene rings is 1. The number of nitrogens with one attached hydrogen (secondary N) is 1. The molecule has 0 spiro atoms. The molecule has 0 aliphatic rings. The van der Waals surface area contributed by atoms with Gasteiger partial charge >= 0.3 is 0 Å². The number of primary amides is 1. The van der Waals surface area contributed by atoms with Gasteiger partial charge in [-0.15, -0.1) is 0 Å². The van der Waals surface area contributed by atoms with Gasteiger partial charge in [0.15, 0.2) is 0 Å². The molecule has 2 amide bonds. The molecular weight excluding hydrogens is 318 g/mol. The van der Waals surface area contributed by atoms with Gasteiger partial charge in [0.05, 0.1) is 12.7 Å². The third kappa shape index (κ3) is 7.13. The minimum atomic E-state index is -0.548. The average molecular weight is 349 g/mol. The fraction of sp³-hybridized carbons (Fsp3) is 0.579. The highest BCUT2D eigenvalue weighted by Gasteiger charge is 2.14. The predicted octanol–water partition coefficient (Wildman–Crippen LogP) is 2.43. The third-order valence-corrected chi connectivity index (χ3v) is 4.10. The monoisotopic (exact) mass is 349 g/mol. The maximum Gasteiger partial charge on any atom is 0.255 e. The van der Waals surface area contributed by atoms with E-state index in [0.717, 1.165) is 19.6 Å². The molecule has 0 saturated heterocycles. The van der Waals surface area contributed by atoms with Crippen LogP contribution in [0.2, 0.25) is 0 Å². The zero-order valence-corrected chi connectivity index (χ0v) is 15.6. The second-order valence-corrected chi connectivity index (χ2v) is 6.08. The number of ether oxygens (including phenoxy) is 1. The number of unbranched alkanes of at least 4 members (excludes halogenated alkanes) is 2. The predicted molar refractivity (Wildman–Crippen MR) is 100 cm³/mol. The minimum Gasteiger partial charge on any atom is -0.496 e. The molecule has 0 unspecified atom stereocenters. The minimum absolute atomic E-state index is 0.209. The first kappa shape index (κ1) is 21.0. The van der Waals surface area contributed by atoms with Crippen LogP contribution >= 0.6 is 0 Å². The highest BCUT2D eigenvalue weighted by atomic mass is 16.5. The molecule has 3 N–H and O–H groups in total. The van der Waals surface area contributed by atoms with Gasteiger partial charge in [0, 0.05) is 18.7 Å². The van der Waals surface area contributed by atoms with Gasteiger partial charge in [-0.3, -0.25) is 9.59 Å². The molecule has 0 heterocycles. The summed E-state index contributed by atoms with van der Waals surface area (Å²) in [5.41, 5.74) is 5.98. The molecule has 0 fully saturated rings. The Balaban J connectivity index is 2.61. The summed E-state index contributed by atoms with van der Waals surface area (Å²) in [7, 11) is 1.47. The molecule has 6 heteroatoms. The summed E-state index contributed by atoms with van der Waals surface area (Å²) in [5, 5.41) is 2.93. The maximum atomic E-state index is 12.4. The molecule has 1 aromatic rings. The Kier molecular flexibility index (Phi) is 9.62. The van der Waals surface area contributed by atoms with Crippen LogP contribution in [-0.4, -0.2) is 50.0 Å². The molecule has 0 aromatic heterocycles. The van der Waals surface area contributed by atoms with Crippen LogP contribution in [0.5, 0.6) is 5.75 Å². The molecule has 25 heavy (non-hydrogen) atoms. The molecule has 0 saturated carbocycles. The molecule has 0 radical (unpaired) electrons. The van der Waals surface area contributed by atoms with Crippen LogP contribution in [0.25, 0.3) is 0 Å². The third-order valence-electron chi connectivity index (χ3n) is 4.10. The van der Waals surface area contributed by atoms with Gasteiger partial charge in [0.2, 0.25) is 5.91 Å². The number of methoxy groups -OCH3 is 1. The van der Waals surface area contributed by atoms with E-state index < -0.39 is 5.91 Å². The van der Waals surface area contributed by atoms with Gasteiger partial charge in [0.1, 0.15) is 5.75 Å². The van der Waals surface area contributed by atoms with Crippen LogP contribution in [-0.2, 0) is 0 Å². The van der Waals surface area contributed by atoms with E-state index in [1.165, 1.54) is 44.9 Å². The number of amides is 2. The molecule has 140 valence electrons. The van der Waals surface area contributed by atoms with Crippen molar-refractivity contribution in [3.8, 4) is 5.75 Å². The molecule has 6 nitrogen and oxygen atoms in total. The summed E-state index contributed by atoms with van der Waals surface area (Å²) >= 11 is 0. The summed E-state index contributed by atoms with van der Waals surface area (Å²) in [5.74, 6) is -0.408. The van der Waals surface area contributed by atoms with E-state index in [2.05, 4.69) is 24.1 Å². The fourth-order valence-electron chi connectivity index (χ4n) is 2.55. The summed E-state index contributed by atoms with van der Waals surface area (Å²) in [6.07, 6.45) is 4.66. The van der Waals surface area contributed by atoms with E-state index in [1.807, 2.05) is 0 Å². The molecule has 0 aliphatic heterocycles. The number of nitrogens with two attached hydrogens (primary N) is 1. The van der Waals surface area contributed by atoms with E-state index in [4.69, 9.17) is 10.5 Å². The zero-order valence-electron chi connectivity index (χ0n) is 15.6. The lowest BCUT2D eigenvalue weighted by Gasteiger charge is -2.22. The van der Waals surface area contributed by atoms with Crippen LogP contribution in [0.3, 0.4) is 0 Å². The lowest BCUT2D eigenvalue weighted by molar-refractivity contribution is 0.0942. The SMILES string of the molecule is CCCCN(CCCC)CCNC(=O)c1ccc(C(N)=O)cc1OC. The second-order valence-electron chi connectivity index (χ2n) is 6.08. The van der Waals surface area contributed by atoms with Crippen molar-refractivity contribution in [2.24, 2.45) is 5.73 Å². The highest BCUT2D eigenvalue weighted by molar-refractivity contribution is 5.99. The number of carbonyl (C=O) groups is 2. The molecule has 0 bridgehead atoms. The average Bonchev–Trinajstić information content (AvgIpc) is 2.62. The van der Waals surface area contributed by atoms with Crippen molar-refractivity contribution in [3.05, 3.63) is 29.3 Å². The van der Waals surface area contributed by atoms with Gasteiger partial charge in [-0.2, -0.15) is 0 Å². The Morgan fingerprint density at radius 2 is 1.76 bits per heavy atom. The molecule has 0 atom stereocenters. The van der Waals surface area contributed by atoms with E-state index in [-0.39, 0.29) is 5.91 Å². The lowest BCUT2D eigenvalue weighted by atomic mass is 10.1.